The predicted octanol–water partition coefficient (Wildman–Crippen LogP) is 1.62. The third-order valence-electron chi connectivity index (χ3n) is 3.90. The van der Waals surface area contributed by atoms with Gasteiger partial charge in [0, 0.05) is 6.42 Å². The Morgan fingerprint density at radius 2 is 2.20 bits per heavy atom. The lowest BCUT2D eigenvalue weighted by Gasteiger charge is -2.23. The lowest BCUT2D eigenvalue weighted by atomic mass is 9.94. The molecule has 1 aromatic rings. The molecule has 0 aromatic heterocycles. The highest BCUT2D eigenvalue weighted by Gasteiger charge is 2.17. The summed E-state index contributed by atoms with van der Waals surface area (Å²) in [5.74, 6) is 0.636. The molecule has 0 spiro atoms. The van der Waals surface area contributed by atoms with Gasteiger partial charge in [-0.2, -0.15) is 0 Å². The highest BCUT2D eigenvalue weighted by Crippen LogP contribution is 2.17. The molecule has 2 atom stereocenters. The average Bonchev–Trinajstić information content (AvgIpc) is 2.52. The standard InChI is InChI=1S/C16H24N2O2/c19-12-15(14-6-2-1-3-7-14)18-16(20)9-8-13-5-4-10-17-11-13/h1-3,6-7,13,15,17,19H,4-5,8-12H2,(H,18,20)/t13?,15-/m0/s1. The van der Waals surface area contributed by atoms with Gasteiger partial charge in [0.15, 0.2) is 0 Å². The zero-order valence-corrected chi connectivity index (χ0v) is 11.8. The Bertz CT molecular complexity index is 402. The molecule has 20 heavy (non-hydrogen) atoms. The molecule has 1 aliphatic heterocycles. The Hall–Kier alpha value is -1.39. The number of hydrogen-bond donors (Lipinski definition) is 3. The maximum atomic E-state index is 12.0. The maximum Gasteiger partial charge on any atom is 0.220 e. The fourth-order valence-corrected chi connectivity index (χ4v) is 2.69. The normalized spacial score (nSPS) is 20.4. The van der Waals surface area contributed by atoms with Gasteiger partial charge < -0.3 is 15.7 Å². The Morgan fingerprint density at radius 1 is 1.40 bits per heavy atom. The van der Waals surface area contributed by atoms with Gasteiger partial charge in [-0.3, -0.25) is 4.79 Å². The molecule has 1 heterocycles. The van der Waals surface area contributed by atoms with E-state index in [4.69, 9.17) is 0 Å². The number of carbonyl (C=O) groups excluding carboxylic acids is 1. The molecule has 1 unspecified atom stereocenters. The van der Waals surface area contributed by atoms with Crippen molar-refractivity contribution < 1.29 is 9.90 Å². The van der Waals surface area contributed by atoms with Crippen LogP contribution in [0.5, 0.6) is 0 Å². The third-order valence-corrected chi connectivity index (χ3v) is 3.90. The number of carbonyl (C=O) groups is 1. The van der Waals surface area contributed by atoms with E-state index in [0.717, 1.165) is 25.1 Å². The second kappa shape index (κ2) is 8.02. The van der Waals surface area contributed by atoms with Crippen LogP contribution in [0.25, 0.3) is 0 Å². The summed E-state index contributed by atoms with van der Waals surface area (Å²) in [4.78, 5) is 12.0. The minimum atomic E-state index is -0.298. The number of piperidine rings is 1. The second-order valence-corrected chi connectivity index (χ2v) is 5.46. The Balaban J connectivity index is 1.77. The third kappa shape index (κ3) is 4.62. The molecular formula is C16H24N2O2. The van der Waals surface area contributed by atoms with Gasteiger partial charge >= 0.3 is 0 Å². The average molecular weight is 276 g/mol. The Labute approximate surface area is 120 Å². The summed E-state index contributed by atoms with van der Waals surface area (Å²) in [6.07, 6.45) is 3.87. The van der Waals surface area contributed by atoms with E-state index in [9.17, 15) is 9.90 Å². The topological polar surface area (TPSA) is 61.4 Å². The molecule has 2 rings (SSSR count). The largest absolute Gasteiger partial charge is 0.394 e. The minimum absolute atomic E-state index is 0.0264. The van der Waals surface area contributed by atoms with E-state index in [-0.39, 0.29) is 18.6 Å². The highest BCUT2D eigenvalue weighted by atomic mass is 16.3. The van der Waals surface area contributed by atoms with Crippen LogP contribution in [0, 0.1) is 5.92 Å². The first-order valence-corrected chi connectivity index (χ1v) is 7.45. The van der Waals surface area contributed by atoms with Crippen molar-refractivity contribution in [1.29, 1.82) is 0 Å². The van der Waals surface area contributed by atoms with Crippen molar-refractivity contribution in [2.75, 3.05) is 19.7 Å². The lowest BCUT2D eigenvalue weighted by Crippen LogP contribution is -2.33. The monoisotopic (exact) mass is 276 g/mol. The predicted molar refractivity (Wildman–Crippen MR) is 79.2 cm³/mol. The van der Waals surface area contributed by atoms with Crippen LogP contribution in [0.4, 0.5) is 0 Å². The molecule has 3 N–H and O–H groups in total. The number of hydrogen-bond acceptors (Lipinski definition) is 3. The van der Waals surface area contributed by atoms with Gasteiger partial charge in [-0.25, -0.2) is 0 Å². The van der Waals surface area contributed by atoms with Crippen molar-refractivity contribution >= 4 is 5.91 Å². The molecule has 1 aliphatic rings. The summed E-state index contributed by atoms with van der Waals surface area (Å²) < 4.78 is 0. The number of benzene rings is 1. The zero-order valence-electron chi connectivity index (χ0n) is 11.8. The van der Waals surface area contributed by atoms with Gasteiger partial charge in [-0.15, -0.1) is 0 Å². The molecular weight excluding hydrogens is 252 g/mol. The molecule has 1 amide bonds. The van der Waals surface area contributed by atoms with Gasteiger partial charge in [-0.1, -0.05) is 30.3 Å². The van der Waals surface area contributed by atoms with Gasteiger partial charge in [0.1, 0.15) is 0 Å². The summed E-state index contributed by atoms with van der Waals surface area (Å²) in [6.45, 7) is 2.05. The van der Waals surface area contributed by atoms with Gasteiger partial charge in [0.25, 0.3) is 0 Å². The van der Waals surface area contributed by atoms with Gasteiger partial charge in [-0.05, 0) is 43.8 Å². The van der Waals surface area contributed by atoms with Gasteiger partial charge in [0.2, 0.25) is 5.91 Å². The van der Waals surface area contributed by atoms with E-state index in [1.165, 1.54) is 12.8 Å². The molecule has 0 saturated carbocycles. The van der Waals surface area contributed by atoms with Crippen molar-refractivity contribution in [3.63, 3.8) is 0 Å². The summed E-state index contributed by atoms with van der Waals surface area (Å²) >= 11 is 0. The number of rotatable bonds is 6. The first kappa shape index (κ1) is 15.0. The number of aliphatic hydroxyl groups excluding tert-OH is 1. The molecule has 0 aliphatic carbocycles. The summed E-state index contributed by atoms with van der Waals surface area (Å²) in [7, 11) is 0. The van der Waals surface area contributed by atoms with Crippen LogP contribution in [-0.2, 0) is 4.79 Å². The highest BCUT2D eigenvalue weighted by molar-refractivity contribution is 5.76. The Morgan fingerprint density at radius 3 is 2.85 bits per heavy atom. The van der Waals surface area contributed by atoms with Crippen LogP contribution >= 0.6 is 0 Å². The first-order valence-electron chi connectivity index (χ1n) is 7.45. The van der Waals surface area contributed by atoms with Crippen molar-refractivity contribution in [1.82, 2.24) is 10.6 Å². The molecule has 0 bridgehead atoms. The van der Waals surface area contributed by atoms with E-state index >= 15 is 0 Å². The molecule has 4 heteroatoms. The molecule has 0 radical (unpaired) electrons. The van der Waals surface area contributed by atoms with Crippen LogP contribution < -0.4 is 10.6 Å². The first-order chi connectivity index (χ1) is 9.79. The van der Waals surface area contributed by atoms with Gasteiger partial charge in [0.05, 0.1) is 12.6 Å². The SMILES string of the molecule is O=C(CCC1CCCNC1)N[C@@H](CO)c1ccccc1. The van der Waals surface area contributed by atoms with Crippen molar-refractivity contribution in [2.24, 2.45) is 5.92 Å². The van der Waals surface area contributed by atoms with E-state index in [0.29, 0.717) is 12.3 Å². The quantitative estimate of drug-likeness (QED) is 0.740. The van der Waals surface area contributed by atoms with Crippen LogP contribution in [-0.4, -0.2) is 30.7 Å². The van der Waals surface area contributed by atoms with Crippen LogP contribution in [0.1, 0.15) is 37.3 Å². The summed E-state index contributed by atoms with van der Waals surface area (Å²) in [5.41, 5.74) is 0.947. The smallest absolute Gasteiger partial charge is 0.220 e. The van der Waals surface area contributed by atoms with E-state index in [1.807, 2.05) is 30.3 Å². The fourth-order valence-electron chi connectivity index (χ4n) is 2.69. The summed E-state index contributed by atoms with van der Waals surface area (Å²) in [6, 6.07) is 9.30. The molecule has 110 valence electrons. The van der Waals surface area contributed by atoms with Crippen LogP contribution in [0.2, 0.25) is 0 Å². The molecule has 1 aromatic carbocycles. The fraction of sp³-hybridized carbons (Fsp3) is 0.562. The van der Waals surface area contributed by atoms with Crippen molar-refractivity contribution in [3.8, 4) is 0 Å². The molecule has 4 nitrogen and oxygen atoms in total. The van der Waals surface area contributed by atoms with Crippen LogP contribution in [0.15, 0.2) is 30.3 Å². The number of nitrogens with one attached hydrogen (secondary N) is 2. The van der Waals surface area contributed by atoms with Crippen LogP contribution in [0.3, 0.4) is 0 Å². The van der Waals surface area contributed by atoms with E-state index in [2.05, 4.69) is 10.6 Å². The number of aliphatic hydroxyl groups is 1. The Kier molecular flexibility index (Phi) is 6.02. The van der Waals surface area contributed by atoms with E-state index in [1.54, 1.807) is 0 Å². The van der Waals surface area contributed by atoms with Crippen molar-refractivity contribution in [2.45, 2.75) is 31.7 Å². The molecule has 1 fully saturated rings. The molecule has 1 saturated heterocycles. The minimum Gasteiger partial charge on any atom is -0.394 e. The lowest BCUT2D eigenvalue weighted by molar-refractivity contribution is -0.122. The zero-order chi connectivity index (χ0) is 14.2. The number of amides is 1. The summed E-state index contributed by atoms with van der Waals surface area (Å²) in [5, 5.41) is 15.7. The maximum absolute atomic E-state index is 12.0. The second-order valence-electron chi connectivity index (χ2n) is 5.46. The van der Waals surface area contributed by atoms with Crippen molar-refractivity contribution in [3.05, 3.63) is 35.9 Å². The van der Waals surface area contributed by atoms with E-state index < -0.39 is 0 Å².